The fraction of sp³-hybridized carbons (Fsp3) is 0.500. The molecule has 0 fully saturated rings. The molecule has 5 nitrogen and oxygen atoms in total. The Kier molecular flexibility index (Phi) is 3.66. The monoisotopic (exact) mass is 259 g/mol. The number of para-hydroxylation sites is 1. The number of aryl methyl sites for hydroxylation is 2. The predicted molar refractivity (Wildman–Crippen MR) is 75.4 cm³/mol. The molecule has 0 aliphatic carbocycles. The zero-order valence-corrected chi connectivity index (χ0v) is 12.2. The number of hydrogen-bond acceptors (Lipinski definition) is 4. The van der Waals surface area contributed by atoms with Crippen LogP contribution < -0.4 is 5.32 Å². The maximum atomic E-state index is 4.19. The lowest BCUT2D eigenvalue weighted by Gasteiger charge is -2.23. The fourth-order valence-corrected chi connectivity index (χ4v) is 2.15. The van der Waals surface area contributed by atoms with Gasteiger partial charge in [-0.15, -0.1) is 5.10 Å². The summed E-state index contributed by atoms with van der Waals surface area (Å²) < 4.78 is 1.85. The van der Waals surface area contributed by atoms with E-state index in [-0.39, 0.29) is 5.54 Å². The van der Waals surface area contributed by atoms with Crippen LogP contribution in [0.1, 0.15) is 37.7 Å². The maximum absolute atomic E-state index is 4.19. The molecule has 0 atom stereocenters. The van der Waals surface area contributed by atoms with Crippen LogP contribution in [0.25, 0.3) is 5.69 Å². The Balaban J connectivity index is 2.65. The van der Waals surface area contributed by atoms with Crippen molar-refractivity contribution in [2.24, 2.45) is 0 Å². The van der Waals surface area contributed by atoms with Gasteiger partial charge in [0.2, 0.25) is 0 Å². The molecule has 1 aromatic carbocycles. The van der Waals surface area contributed by atoms with Gasteiger partial charge in [0.25, 0.3) is 0 Å². The van der Waals surface area contributed by atoms with E-state index in [0.29, 0.717) is 0 Å². The van der Waals surface area contributed by atoms with Crippen LogP contribution in [0, 0.1) is 6.92 Å². The first-order chi connectivity index (χ1) is 9.01. The summed E-state index contributed by atoms with van der Waals surface area (Å²) in [6, 6.07) is 6.29. The Bertz CT molecular complexity index is 571. The van der Waals surface area contributed by atoms with Crippen LogP contribution in [0.3, 0.4) is 0 Å². The summed E-state index contributed by atoms with van der Waals surface area (Å²) in [7, 11) is 1.91. The van der Waals surface area contributed by atoms with Crippen LogP contribution in [0.15, 0.2) is 18.2 Å². The number of aromatic nitrogens is 4. The van der Waals surface area contributed by atoms with Crippen molar-refractivity contribution in [1.29, 1.82) is 0 Å². The fourth-order valence-electron chi connectivity index (χ4n) is 2.15. The minimum atomic E-state index is -0.281. The standard InChI is InChI=1S/C14H21N5/c1-6-11-9-7-8-10(2)12(11)19-13(16-17-18-19)14(3,4)15-5/h7-9,15H,6H2,1-5H3. The Hall–Kier alpha value is -1.75. The SMILES string of the molecule is CCc1cccc(C)c1-n1nnnc1C(C)(C)NC. The van der Waals surface area contributed by atoms with Crippen molar-refractivity contribution >= 4 is 0 Å². The van der Waals surface area contributed by atoms with E-state index in [1.807, 2.05) is 11.7 Å². The third kappa shape index (κ3) is 2.38. The normalized spacial score (nSPS) is 11.8. The van der Waals surface area contributed by atoms with E-state index in [1.165, 1.54) is 11.1 Å². The Morgan fingerprint density at radius 3 is 2.68 bits per heavy atom. The van der Waals surface area contributed by atoms with Gasteiger partial charge in [-0.1, -0.05) is 25.1 Å². The van der Waals surface area contributed by atoms with Gasteiger partial charge in [-0.2, -0.15) is 4.68 Å². The van der Waals surface area contributed by atoms with Crippen molar-refractivity contribution in [2.45, 2.75) is 39.7 Å². The molecule has 19 heavy (non-hydrogen) atoms. The van der Waals surface area contributed by atoms with Gasteiger partial charge >= 0.3 is 0 Å². The second kappa shape index (κ2) is 5.09. The number of hydrogen-bond donors (Lipinski definition) is 1. The molecule has 0 saturated carbocycles. The van der Waals surface area contributed by atoms with Crippen LogP contribution in [0.5, 0.6) is 0 Å². The first-order valence-electron chi connectivity index (χ1n) is 6.58. The third-order valence-corrected chi connectivity index (χ3v) is 3.57. The van der Waals surface area contributed by atoms with Crippen molar-refractivity contribution in [2.75, 3.05) is 7.05 Å². The highest BCUT2D eigenvalue weighted by atomic mass is 15.6. The molecule has 0 radical (unpaired) electrons. The van der Waals surface area contributed by atoms with Crippen LogP contribution in [-0.2, 0) is 12.0 Å². The van der Waals surface area contributed by atoms with E-state index in [2.05, 4.69) is 66.7 Å². The van der Waals surface area contributed by atoms with E-state index >= 15 is 0 Å². The van der Waals surface area contributed by atoms with Gasteiger partial charge < -0.3 is 5.32 Å². The lowest BCUT2D eigenvalue weighted by Crippen LogP contribution is -2.36. The maximum Gasteiger partial charge on any atom is 0.176 e. The van der Waals surface area contributed by atoms with Gasteiger partial charge in [-0.05, 0) is 55.8 Å². The molecule has 1 N–H and O–H groups in total. The first kappa shape index (κ1) is 13.7. The van der Waals surface area contributed by atoms with Gasteiger partial charge in [-0.3, -0.25) is 0 Å². The second-order valence-electron chi connectivity index (χ2n) is 5.23. The highest BCUT2D eigenvalue weighted by Gasteiger charge is 2.27. The molecular weight excluding hydrogens is 238 g/mol. The van der Waals surface area contributed by atoms with Crippen molar-refractivity contribution in [3.8, 4) is 5.69 Å². The number of nitrogens with zero attached hydrogens (tertiary/aromatic N) is 4. The highest BCUT2D eigenvalue weighted by Crippen LogP contribution is 2.24. The van der Waals surface area contributed by atoms with E-state index in [1.54, 1.807) is 0 Å². The largest absolute Gasteiger partial charge is 0.308 e. The van der Waals surface area contributed by atoms with E-state index in [0.717, 1.165) is 17.9 Å². The van der Waals surface area contributed by atoms with Crippen LogP contribution >= 0.6 is 0 Å². The van der Waals surface area contributed by atoms with Crippen LogP contribution in [0.4, 0.5) is 0 Å². The van der Waals surface area contributed by atoms with E-state index in [4.69, 9.17) is 0 Å². The molecule has 0 saturated heterocycles. The second-order valence-corrected chi connectivity index (χ2v) is 5.23. The molecule has 102 valence electrons. The van der Waals surface area contributed by atoms with Crippen molar-refractivity contribution in [1.82, 2.24) is 25.5 Å². The Morgan fingerprint density at radius 1 is 1.32 bits per heavy atom. The Morgan fingerprint density at radius 2 is 2.05 bits per heavy atom. The molecule has 2 rings (SSSR count). The summed E-state index contributed by atoms with van der Waals surface area (Å²) in [5, 5.41) is 15.5. The van der Waals surface area contributed by atoms with Crippen LogP contribution in [0.2, 0.25) is 0 Å². The number of tetrazole rings is 1. The average molecular weight is 259 g/mol. The van der Waals surface area contributed by atoms with E-state index in [9.17, 15) is 0 Å². The van der Waals surface area contributed by atoms with E-state index < -0.39 is 0 Å². The smallest absolute Gasteiger partial charge is 0.176 e. The van der Waals surface area contributed by atoms with Crippen molar-refractivity contribution in [3.05, 3.63) is 35.2 Å². The minimum absolute atomic E-state index is 0.281. The van der Waals surface area contributed by atoms with Crippen LogP contribution in [-0.4, -0.2) is 27.3 Å². The zero-order chi connectivity index (χ0) is 14.0. The quantitative estimate of drug-likeness (QED) is 0.912. The molecule has 0 amide bonds. The average Bonchev–Trinajstić information content (AvgIpc) is 2.88. The number of nitrogens with one attached hydrogen (secondary N) is 1. The Labute approximate surface area is 114 Å². The summed E-state index contributed by atoms with van der Waals surface area (Å²) in [5.74, 6) is 0.819. The molecule has 2 aromatic rings. The lowest BCUT2D eigenvalue weighted by molar-refractivity contribution is 0.406. The van der Waals surface area contributed by atoms with Gasteiger partial charge in [0.15, 0.2) is 5.82 Å². The number of benzene rings is 1. The first-order valence-corrected chi connectivity index (χ1v) is 6.58. The van der Waals surface area contributed by atoms with Crippen molar-refractivity contribution in [3.63, 3.8) is 0 Å². The van der Waals surface area contributed by atoms with Gasteiger partial charge in [-0.25, -0.2) is 0 Å². The summed E-state index contributed by atoms with van der Waals surface area (Å²) >= 11 is 0. The van der Waals surface area contributed by atoms with Gasteiger partial charge in [0.1, 0.15) is 0 Å². The predicted octanol–water partition coefficient (Wildman–Crippen LogP) is 1.99. The topological polar surface area (TPSA) is 55.6 Å². The summed E-state index contributed by atoms with van der Waals surface area (Å²) in [6.07, 6.45) is 0.955. The molecule has 1 aromatic heterocycles. The molecule has 0 aliphatic rings. The number of rotatable bonds is 4. The summed E-state index contributed by atoms with van der Waals surface area (Å²) in [4.78, 5) is 0. The molecule has 1 heterocycles. The summed E-state index contributed by atoms with van der Waals surface area (Å²) in [5.41, 5.74) is 3.24. The van der Waals surface area contributed by atoms with Gasteiger partial charge in [0, 0.05) is 0 Å². The highest BCUT2D eigenvalue weighted by molar-refractivity contribution is 5.47. The molecule has 0 unspecified atom stereocenters. The molecule has 0 spiro atoms. The molecule has 5 heteroatoms. The minimum Gasteiger partial charge on any atom is -0.308 e. The molecule has 0 aliphatic heterocycles. The molecule has 0 bridgehead atoms. The zero-order valence-electron chi connectivity index (χ0n) is 12.2. The van der Waals surface area contributed by atoms with Crippen molar-refractivity contribution < 1.29 is 0 Å². The van der Waals surface area contributed by atoms with Gasteiger partial charge in [0.05, 0.1) is 11.2 Å². The summed E-state index contributed by atoms with van der Waals surface area (Å²) in [6.45, 7) is 8.37. The molecular formula is C14H21N5. The third-order valence-electron chi connectivity index (χ3n) is 3.57. The lowest BCUT2D eigenvalue weighted by atomic mass is 10.0.